The minimum absolute atomic E-state index is 0. The maximum absolute atomic E-state index is 12.7. The summed E-state index contributed by atoms with van der Waals surface area (Å²) in [5.74, 6) is 1.16. The van der Waals surface area contributed by atoms with Crippen molar-refractivity contribution in [2.45, 2.75) is 52.0 Å². The number of likely N-dealkylation sites (tertiary alicyclic amines) is 2. The Kier molecular flexibility index (Phi) is 11.5. The molecule has 2 aliphatic heterocycles. The topological polar surface area (TPSA) is 35.6 Å². The standard InChI is InChI=1S/C16H31N3O.2ClH/c1-3-9-18-10-5-6-15(18)16(20)19-11-7-14(8-12-19)13-17-4-2;;/h14-15,17H,3-13H2,1-2H3;2*1H. The fourth-order valence-electron chi connectivity index (χ4n) is 3.58. The van der Waals surface area contributed by atoms with E-state index < -0.39 is 0 Å². The summed E-state index contributed by atoms with van der Waals surface area (Å²) < 4.78 is 0. The Morgan fingerprint density at radius 1 is 1.09 bits per heavy atom. The van der Waals surface area contributed by atoms with Crippen LogP contribution >= 0.6 is 24.8 Å². The lowest BCUT2D eigenvalue weighted by Gasteiger charge is -2.35. The number of nitrogens with one attached hydrogen (secondary N) is 1. The number of nitrogens with zero attached hydrogens (tertiary/aromatic N) is 2. The van der Waals surface area contributed by atoms with E-state index in [2.05, 4.69) is 29.0 Å². The summed E-state index contributed by atoms with van der Waals surface area (Å²) >= 11 is 0. The van der Waals surface area contributed by atoms with Crippen LogP contribution in [0.3, 0.4) is 0 Å². The van der Waals surface area contributed by atoms with Crippen LogP contribution in [0.2, 0.25) is 0 Å². The average Bonchev–Trinajstić information content (AvgIpc) is 2.93. The van der Waals surface area contributed by atoms with Crippen LogP contribution in [0.4, 0.5) is 0 Å². The molecule has 0 spiro atoms. The van der Waals surface area contributed by atoms with Crippen molar-refractivity contribution in [2.24, 2.45) is 5.92 Å². The van der Waals surface area contributed by atoms with Gasteiger partial charge in [0.05, 0.1) is 6.04 Å². The van der Waals surface area contributed by atoms with Crippen molar-refractivity contribution in [3.8, 4) is 0 Å². The second-order valence-corrected chi connectivity index (χ2v) is 6.27. The summed E-state index contributed by atoms with van der Waals surface area (Å²) in [7, 11) is 0. The third-order valence-corrected chi connectivity index (χ3v) is 4.77. The third kappa shape index (κ3) is 5.88. The fourth-order valence-corrected chi connectivity index (χ4v) is 3.58. The molecule has 0 saturated carbocycles. The molecule has 1 atom stereocenters. The molecule has 0 radical (unpaired) electrons. The van der Waals surface area contributed by atoms with Crippen molar-refractivity contribution >= 4 is 30.7 Å². The summed E-state index contributed by atoms with van der Waals surface area (Å²) in [4.78, 5) is 17.2. The number of carbonyl (C=O) groups is 1. The van der Waals surface area contributed by atoms with Crippen molar-refractivity contribution in [1.82, 2.24) is 15.1 Å². The first-order valence-corrected chi connectivity index (χ1v) is 8.49. The number of carbonyl (C=O) groups excluding carboxylic acids is 1. The second kappa shape index (κ2) is 11.5. The van der Waals surface area contributed by atoms with Gasteiger partial charge in [-0.3, -0.25) is 9.69 Å². The summed E-state index contributed by atoms with van der Waals surface area (Å²) in [6.45, 7) is 10.6. The van der Waals surface area contributed by atoms with Crippen LogP contribution in [0.25, 0.3) is 0 Å². The Labute approximate surface area is 148 Å². The van der Waals surface area contributed by atoms with Crippen molar-refractivity contribution < 1.29 is 4.79 Å². The van der Waals surface area contributed by atoms with E-state index in [0.717, 1.165) is 58.0 Å². The van der Waals surface area contributed by atoms with Crippen LogP contribution in [0, 0.1) is 5.92 Å². The number of hydrogen-bond acceptors (Lipinski definition) is 3. The van der Waals surface area contributed by atoms with Crippen LogP contribution < -0.4 is 5.32 Å². The van der Waals surface area contributed by atoms with E-state index in [9.17, 15) is 4.79 Å². The van der Waals surface area contributed by atoms with Gasteiger partial charge in [-0.15, -0.1) is 24.8 Å². The fraction of sp³-hybridized carbons (Fsp3) is 0.938. The van der Waals surface area contributed by atoms with E-state index in [0.29, 0.717) is 5.91 Å². The Morgan fingerprint density at radius 2 is 1.77 bits per heavy atom. The number of hydrogen-bond donors (Lipinski definition) is 1. The molecule has 0 aromatic heterocycles. The molecule has 2 heterocycles. The van der Waals surface area contributed by atoms with Crippen LogP contribution in [0.5, 0.6) is 0 Å². The molecular formula is C16H33Cl2N3O. The normalized spacial score (nSPS) is 23.0. The largest absolute Gasteiger partial charge is 0.341 e. The SMILES string of the molecule is CCCN1CCCC1C(=O)N1CCC(CNCC)CC1.Cl.Cl. The first kappa shape index (κ1) is 22.0. The zero-order valence-electron chi connectivity index (χ0n) is 14.1. The highest BCUT2D eigenvalue weighted by Crippen LogP contribution is 2.23. The lowest BCUT2D eigenvalue weighted by atomic mass is 9.96. The smallest absolute Gasteiger partial charge is 0.239 e. The molecule has 0 aromatic rings. The van der Waals surface area contributed by atoms with Crippen LogP contribution in [0.15, 0.2) is 0 Å². The number of amides is 1. The Morgan fingerprint density at radius 3 is 2.36 bits per heavy atom. The maximum atomic E-state index is 12.7. The number of rotatable bonds is 6. The summed E-state index contributed by atoms with van der Waals surface area (Å²) in [6, 6.07) is 0.181. The van der Waals surface area contributed by atoms with Gasteiger partial charge < -0.3 is 10.2 Å². The van der Waals surface area contributed by atoms with Gasteiger partial charge in [-0.05, 0) is 64.2 Å². The first-order valence-electron chi connectivity index (χ1n) is 8.49. The zero-order chi connectivity index (χ0) is 14.4. The molecule has 1 unspecified atom stereocenters. The van der Waals surface area contributed by atoms with Crippen molar-refractivity contribution in [2.75, 3.05) is 39.3 Å². The summed E-state index contributed by atoms with van der Waals surface area (Å²) in [5.41, 5.74) is 0. The Bertz CT molecular complexity index is 310. The predicted octanol–water partition coefficient (Wildman–Crippen LogP) is 2.55. The van der Waals surface area contributed by atoms with Gasteiger partial charge in [-0.1, -0.05) is 13.8 Å². The van der Waals surface area contributed by atoms with Gasteiger partial charge >= 0.3 is 0 Å². The maximum Gasteiger partial charge on any atom is 0.239 e. The molecule has 2 fully saturated rings. The lowest BCUT2D eigenvalue weighted by molar-refractivity contribution is -0.137. The van der Waals surface area contributed by atoms with Gasteiger partial charge in [-0.2, -0.15) is 0 Å². The molecule has 2 aliphatic rings. The van der Waals surface area contributed by atoms with E-state index in [-0.39, 0.29) is 30.9 Å². The molecule has 0 aromatic carbocycles. The molecule has 22 heavy (non-hydrogen) atoms. The molecule has 1 N–H and O–H groups in total. The molecule has 4 nitrogen and oxygen atoms in total. The second-order valence-electron chi connectivity index (χ2n) is 6.27. The van der Waals surface area contributed by atoms with Crippen LogP contribution in [-0.2, 0) is 4.79 Å². The quantitative estimate of drug-likeness (QED) is 0.796. The number of piperidine rings is 1. The molecule has 0 bridgehead atoms. The zero-order valence-corrected chi connectivity index (χ0v) is 15.7. The van der Waals surface area contributed by atoms with Crippen LogP contribution in [-0.4, -0.2) is 61.0 Å². The number of halogens is 2. The van der Waals surface area contributed by atoms with Crippen molar-refractivity contribution in [3.63, 3.8) is 0 Å². The van der Waals surface area contributed by atoms with Gasteiger partial charge in [0.2, 0.25) is 5.91 Å². The van der Waals surface area contributed by atoms with E-state index in [4.69, 9.17) is 0 Å². The van der Waals surface area contributed by atoms with Crippen molar-refractivity contribution in [1.29, 1.82) is 0 Å². The Balaban J connectivity index is 0.00000220. The molecule has 132 valence electrons. The monoisotopic (exact) mass is 353 g/mol. The van der Waals surface area contributed by atoms with Gasteiger partial charge in [-0.25, -0.2) is 0 Å². The van der Waals surface area contributed by atoms with Gasteiger partial charge in [0.1, 0.15) is 0 Å². The van der Waals surface area contributed by atoms with Gasteiger partial charge in [0, 0.05) is 13.1 Å². The van der Waals surface area contributed by atoms with Gasteiger partial charge in [0.25, 0.3) is 0 Å². The Hall–Kier alpha value is -0.0300. The first-order chi connectivity index (χ1) is 9.76. The van der Waals surface area contributed by atoms with E-state index >= 15 is 0 Å². The highest BCUT2D eigenvalue weighted by atomic mass is 35.5. The van der Waals surface area contributed by atoms with E-state index in [1.165, 1.54) is 19.3 Å². The summed E-state index contributed by atoms with van der Waals surface area (Å²) in [5, 5.41) is 3.43. The molecule has 2 saturated heterocycles. The van der Waals surface area contributed by atoms with Gasteiger partial charge in [0.15, 0.2) is 0 Å². The molecule has 2 rings (SSSR count). The highest BCUT2D eigenvalue weighted by Gasteiger charge is 2.34. The van der Waals surface area contributed by atoms with Crippen molar-refractivity contribution in [3.05, 3.63) is 0 Å². The van der Waals surface area contributed by atoms with E-state index in [1.807, 2.05) is 0 Å². The minimum Gasteiger partial charge on any atom is -0.341 e. The average molecular weight is 354 g/mol. The third-order valence-electron chi connectivity index (χ3n) is 4.77. The highest BCUT2D eigenvalue weighted by molar-refractivity contribution is 5.85. The lowest BCUT2D eigenvalue weighted by Crippen LogP contribution is -2.49. The summed E-state index contributed by atoms with van der Waals surface area (Å²) in [6.07, 6.45) is 5.73. The molecule has 1 amide bonds. The molecule has 0 aliphatic carbocycles. The molecular weight excluding hydrogens is 321 g/mol. The van der Waals surface area contributed by atoms with E-state index in [1.54, 1.807) is 0 Å². The molecule has 6 heteroatoms. The van der Waals surface area contributed by atoms with Crippen LogP contribution in [0.1, 0.15) is 46.0 Å². The predicted molar refractivity (Wildman–Crippen MR) is 97.2 cm³/mol. The minimum atomic E-state index is 0.